The molecule has 1 aliphatic carbocycles. The molecule has 0 amide bonds. The Morgan fingerprint density at radius 2 is 2.29 bits per heavy atom. The fourth-order valence-electron chi connectivity index (χ4n) is 2.81. The van der Waals surface area contributed by atoms with Crippen molar-refractivity contribution in [3.05, 3.63) is 18.0 Å². The van der Waals surface area contributed by atoms with Gasteiger partial charge in [-0.05, 0) is 58.6 Å². The Kier molecular flexibility index (Phi) is 4.21. The normalized spacial score (nSPS) is 25.4. The van der Waals surface area contributed by atoms with E-state index in [0.717, 1.165) is 18.4 Å². The average molecular weight is 235 g/mol. The average Bonchev–Trinajstić information content (AvgIpc) is 2.78. The molecular weight excluding hydrogens is 210 g/mol. The van der Waals surface area contributed by atoms with Crippen LogP contribution in [0.5, 0.6) is 0 Å². The standard InChI is InChI=1S/C14H25N3/c1-11(2)17-8-7-14(16-17)10-12-5-4-6-13(9-12)15-3/h7-8,11-13,15H,4-6,9-10H2,1-3H3. The van der Waals surface area contributed by atoms with Crippen molar-refractivity contribution in [1.29, 1.82) is 0 Å². The van der Waals surface area contributed by atoms with Crippen LogP contribution in [0.3, 0.4) is 0 Å². The Balaban J connectivity index is 1.91. The summed E-state index contributed by atoms with van der Waals surface area (Å²) >= 11 is 0. The van der Waals surface area contributed by atoms with Gasteiger partial charge in [-0.25, -0.2) is 0 Å². The van der Waals surface area contributed by atoms with Gasteiger partial charge in [-0.3, -0.25) is 4.68 Å². The first-order chi connectivity index (χ1) is 8.19. The zero-order chi connectivity index (χ0) is 12.3. The highest BCUT2D eigenvalue weighted by molar-refractivity contribution is 5.01. The fourth-order valence-corrected chi connectivity index (χ4v) is 2.81. The van der Waals surface area contributed by atoms with E-state index in [9.17, 15) is 0 Å². The summed E-state index contributed by atoms with van der Waals surface area (Å²) in [5.41, 5.74) is 1.26. The molecule has 1 saturated carbocycles. The zero-order valence-electron chi connectivity index (χ0n) is 11.3. The molecule has 2 rings (SSSR count). The van der Waals surface area contributed by atoms with Crippen LogP contribution in [0.1, 0.15) is 51.3 Å². The SMILES string of the molecule is CNC1CCCC(Cc2ccn(C(C)C)n2)C1. The molecule has 1 aromatic rings. The van der Waals surface area contributed by atoms with E-state index in [2.05, 4.69) is 48.3 Å². The molecule has 0 radical (unpaired) electrons. The van der Waals surface area contributed by atoms with Crippen LogP contribution in [0.2, 0.25) is 0 Å². The summed E-state index contributed by atoms with van der Waals surface area (Å²) < 4.78 is 2.06. The monoisotopic (exact) mass is 235 g/mol. The molecule has 0 spiro atoms. The molecule has 0 aromatic carbocycles. The maximum absolute atomic E-state index is 4.65. The topological polar surface area (TPSA) is 29.9 Å². The van der Waals surface area contributed by atoms with E-state index in [4.69, 9.17) is 0 Å². The van der Waals surface area contributed by atoms with Gasteiger partial charge in [-0.15, -0.1) is 0 Å². The molecule has 1 aromatic heterocycles. The second-order valence-corrected chi connectivity index (χ2v) is 5.60. The lowest BCUT2D eigenvalue weighted by Crippen LogP contribution is -2.32. The highest BCUT2D eigenvalue weighted by atomic mass is 15.3. The quantitative estimate of drug-likeness (QED) is 0.869. The van der Waals surface area contributed by atoms with Crippen LogP contribution >= 0.6 is 0 Å². The minimum atomic E-state index is 0.472. The van der Waals surface area contributed by atoms with Crippen molar-refractivity contribution in [3.8, 4) is 0 Å². The van der Waals surface area contributed by atoms with E-state index >= 15 is 0 Å². The summed E-state index contributed by atoms with van der Waals surface area (Å²) in [5.74, 6) is 0.816. The van der Waals surface area contributed by atoms with Crippen molar-refractivity contribution in [2.75, 3.05) is 7.05 Å². The Bertz CT molecular complexity index is 343. The van der Waals surface area contributed by atoms with E-state index < -0.39 is 0 Å². The molecule has 1 N–H and O–H groups in total. The number of nitrogens with zero attached hydrogens (tertiary/aromatic N) is 2. The van der Waals surface area contributed by atoms with Crippen LogP contribution in [0, 0.1) is 5.92 Å². The lowest BCUT2D eigenvalue weighted by atomic mass is 9.83. The van der Waals surface area contributed by atoms with Gasteiger partial charge in [0, 0.05) is 18.3 Å². The second-order valence-electron chi connectivity index (χ2n) is 5.60. The van der Waals surface area contributed by atoms with Crippen molar-refractivity contribution in [2.45, 2.75) is 58.0 Å². The van der Waals surface area contributed by atoms with Crippen molar-refractivity contribution in [3.63, 3.8) is 0 Å². The first kappa shape index (κ1) is 12.6. The third kappa shape index (κ3) is 3.32. The van der Waals surface area contributed by atoms with Crippen LogP contribution in [0.25, 0.3) is 0 Å². The van der Waals surface area contributed by atoms with E-state index in [1.165, 1.54) is 31.4 Å². The number of nitrogens with one attached hydrogen (secondary N) is 1. The molecular formula is C14H25N3. The highest BCUT2D eigenvalue weighted by Crippen LogP contribution is 2.26. The molecule has 17 heavy (non-hydrogen) atoms. The lowest BCUT2D eigenvalue weighted by Gasteiger charge is -2.28. The van der Waals surface area contributed by atoms with Crippen molar-refractivity contribution >= 4 is 0 Å². The third-order valence-corrected chi connectivity index (χ3v) is 3.88. The van der Waals surface area contributed by atoms with E-state index in [0.29, 0.717) is 6.04 Å². The summed E-state index contributed by atoms with van der Waals surface area (Å²) in [6.07, 6.45) is 8.64. The third-order valence-electron chi connectivity index (χ3n) is 3.88. The van der Waals surface area contributed by atoms with Gasteiger partial charge in [0.25, 0.3) is 0 Å². The zero-order valence-corrected chi connectivity index (χ0v) is 11.3. The molecule has 2 atom stereocenters. The second kappa shape index (κ2) is 5.67. The van der Waals surface area contributed by atoms with Crippen LogP contribution in [-0.2, 0) is 6.42 Å². The van der Waals surface area contributed by atoms with Gasteiger partial charge in [0.05, 0.1) is 5.69 Å². The molecule has 0 bridgehead atoms. The van der Waals surface area contributed by atoms with Gasteiger partial charge in [0.2, 0.25) is 0 Å². The Labute approximate surface area is 105 Å². The largest absolute Gasteiger partial charge is 0.317 e. The van der Waals surface area contributed by atoms with E-state index in [1.807, 2.05) is 0 Å². The maximum atomic E-state index is 4.65. The number of aromatic nitrogens is 2. The molecule has 1 aliphatic rings. The predicted octanol–water partition coefficient (Wildman–Crippen LogP) is 2.78. The Hall–Kier alpha value is -0.830. The van der Waals surface area contributed by atoms with Gasteiger partial charge in [0.15, 0.2) is 0 Å². The number of hydrogen-bond donors (Lipinski definition) is 1. The molecule has 3 heteroatoms. The molecule has 1 heterocycles. The molecule has 2 unspecified atom stereocenters. The van der Waals surface area contributed by atoms with Crippen LogP contribution < -0.4 is 5.32 Å². The first-order valence-electron chi connectivity index (χ1n) is 6.90. The Morgan fingerprint density at radius 1 is 1.47 bits per heavy atom. The van der Waals surface area contributed by atoms with Crippen molar-refractivity contribution in [1.82, 2.24) is 15.1 Å². The van der Waals surface area contributed by atoms with Gasteiger partial charge in [0.1, 0.15) is 0 Å². The van der Waals surface area contributed by atoms with Crippen LogP contribution in [0.15, 0.2) is 12.3 Å². The summed E-state index contributed by atoms with van der Waals surface area (Å²) in [6.45, 7) is 4.35. The van der Waals surface area contributed by atoms with Gasteiger partial charge in [-0.2, -0.15) is 5.10 Å². The van der Waals surface area contributed by atoms with Gasteiger partial charge < -0.3 is 5.32 Å². The van der Waals surface area contributed by atoms with Crippen molar-refractivity contribution in [2.24, 2.45) is 5.92 Å². The molecule has 0 aliphatic heterocycles. The van der Waals surface area contributed by atoms with Gasteiger partial charge >= 0.3 is 0 Å². The molecule has 0 saturated heterocycles. The first-order valence-corrected chi connectivity index (χ1v) is 6.90. The Morgan fingerprint density at radius 3 is 2.94 bits per heavy atom. The minimum Gasteiger partial charge on any atom is -0.317 e. The van der Waals surface area contributed by atoms with E-state index in [-0.39, 0.29) is 0 Å². The highest BCUT2D eigenvalue weighted by Gasteiger charge is 2.21. The maximum Gasteiger partial charge on any atom is 0.0627 e. The van der Waals surface area contributed by atoms with Crippen LogP contribution in [0.4, 0.5) is 0 Å². The predicted molar refractivity (Wildman–Crippen MR) is 71.1 cm³/mol. The summed E-state index contributed by atoms with van der Waals surface area (Å²) in [6, 6.07) is 3.38. The van der Waals surface area contributed by atoms with Crippen molar-refractivity contribution < 1.29 is 0 Å². The van der Waals surface area contributed by atoms with Gasteiger partial charge in [-0.1, -0.05) is 6.42 Å². The summed E-state index contributed by atoms with van der Waals surface area (Å²) in [5, 5.41) is 8.07. The summed E-state index contributed by atoms with van der Waals surface area (Å²) in [4.78, 5) is 0. The molecule has 3 nitrogen and oxygen atoms in total. The number of rotatable bonds is 4. The molecule has 96 valence electrons. The minimum absolute atomic E-state index is 0.472. The molecule has 1 fully saturated rings. The summed E-state index contributed by atoms with van der Waals surface area (Å²) in [7, 11) is 2.08. The number of hydrogen-bond acceptors (Lipinski definition) is 2. The van der Waals surface area contributed by atoms with E-state index in [1.54, 1.807) is 0 Å². The lowest BCUT2D eigenvalue weighted by molar-refractivity contribution is 0.292. The smallest absolute Gasteiger partial charge is 0.0627 e. The fraction of sp³-hybridized carbons (Fsp3) is 0.786. The van der Waals surface area contributed by atoms with Crippen LogP contribution in [-0.4, -0.2) is 22.9 Å².